The van der Waals surface area contributed by atoms with Gasteiger partial charge < -0.3 is 4.90 Å². The van der Waals surface area contributed by atoms with E-state index in [1.54, 1.807) is 0 Å². The number of nitrogens with zero attached hydrogens (tertiary/aromatic N) is 1. The van der Waals surface area contributed by atoms with Crippen LogP contribution in [0.5, 0.6) is 0 Å². The van der Waals surface area contributed by atoms with Gasteiger partial charge >= 0.3 is 0 Å². The van der Waals surface area contributed by atoms with E-state index in [-0.39, 0.29) is 0 Å². The standard InChI is InChI=1S/C19H41N/c1-4-6-7-8-9-10-11-12-13-14-15-16-17-19-20(3)18-5-2/h4-19H2,1-3H3. The third-order valence-corrected chi connectivity index (χ3v) is 4.25. The minimum Gasteiger partial charge on any atom is -0.306 e. The van der Waals surface area contributed by atoms with Crippen molar-refractivity contribution in [3.63, 3.8) is 0 Å². The molecule has 0 bridgehead atoms. The van der Waals surface area contributed by atoms with Crippen LogP contribution in [0, 0.1) is 0 Å². The van der Waals surface area contributed by atoms with E-state index in [4.69, 9.17) is 0 Å². The van der Waals surface area contributed by atoms with Crippen LogP contribution in [0.25, 0.3) is 0 Å². The minimum atomic E-state index is 1.26. The molecule has 122 valence electrons. The van der Waals surface area contributed by atoms with E-state index in [2.05, 4.69) is 25.8 Å². The van der Waals surface area contributed by atoms with Crippen molar-refractivity contribution in [2.45, 2.75) is 104 Å². The Bertz CT molecular complexity index is 167. The number of hydrogen-bond donors (Lipinski definition) is 0. The molecule has 0 aromatic carbocycles. The summed E-state index contributed by atoms with van der Waals surface area (Å²) in [5.74, 6) is 0. The summed E-state index contributed by atoms with van der Waals surface area (Å²) in [4.78, 5) is 2.47. The number of unbranched alkanes of at least 4 members (excludes halogenated alkanes) is 12. The van der Waals surface area contributed by atoms with Gasteiger partial charge in [-0.3, -0.25) is 0 Å². The predicted octanol–water partition coefficient (Wildman–Crippen LogP) is 6.42. The summed E-state index contributed by atoms with van der Waals surface area (Å²) in [7, 11) is 2.25. The van der Waals surface area contributed by atoms with Gasteiger partial charge in [0.25, 0.3) is 0 Å². The van der Waals surface area contributed by atoms with Crippen LogP contribution < -0.4 is 0 Å². The Morgan fingerprint density at radius 2 is 0.850 bits per heavy atom. The quantitative estimate of drug-likeness (QED) is 0.295. The molecule has 0 aromatic rings. The lowest BCUT2D eigenvalue weighted by atomic mass is 10.0. The zero-order valence-electron chi connectivity index (χ0n) is 14.8. The lowest BCUT2D eigenvalue weighted by molar-refractivity contribution is 0.324. The monoisotopic (exact) mass is 283 g/mol. The molecule has 0 amide bonds. The molecule has 0 saturated carbocycles. The first kappa shape index (κ1) is 20.0. The summed E-state index contributed by atoms with van der Waals surface area (Å²) in [6.07, 6.45) is 20.2. The van der Waals surface area contributed by atoms with Gasteiger partial charge in [0, 0.05) is 0 Å². The number of rotatable bonds is 16. The first-order valence-electron chi connectivity index (χ1n) is 9.49. The molecule has 0 aromatic heterocycles. The third-order valence-electron chi connectivity index (χ3n) is 4.25. The van der Waals surface area contributed by atoms with E-state index < -0.39 is 0 Å². The van der Waals surface area contributed by atoms with Crippen molar-refractivity contribution in [3.8, 4) is 0 Å². The molecule has 0 fully saturated rings. The smallest absolute Gasteiger partial charge is 0.00218 e. The molecule has 0 aliphatic carbocycles. The molecule has 0 saturated heterocycles. The summed E-state index contributed by atoms with van der Waals surface area (Å²) >= 11 is 0. The van der Waals surface area contributed by atoms with Crippen molar-refractivity contribution in [3.05, 3.63) is 0 Å². The van der Waals surface area contributed by atoms with Crippen LogP contribution in [0.15, 0.2) is 0 Å². The predicted molar refractivity (Wildman–Crippen MR) is 93.5 cm³/mol. The molecule has 0 rings (SSSR count). The lowest BCUT2D eigenvalue weighted by Gasteiger charge is -2.14. The molecule has 0 spiro atoms. The second-order valence-electron chi connectivity index (χ2n) is 6.55. The molecule has 20 heavy (non-hydrogen) atoms. The maximum absolute atomic E-state index is 2.47. The van der Waals surface area contributed by atoms with Gasteiger partial charge in [0.1, 0.15) is 0 Å². The molecular weight excluding hydrogens is 242 g/mol. The van der Waals surface area contributed by atoms with E-state index in [0.29, 0.717) is 0 Å². The maximum Gasteiger partial charge on any atom is -0.00218 e. The summed E-state index contributed by atoms with van der Waals surface area (Å²) in [6.45, 7) is 7.12. The zero-order valence-corrected chi connectivity index (χ0v) is 14.8. The zero-order chi connectivity index (χ0) is 14.9. The molecule has 0 aliphatic rings. The highest BCUT2D eigenvalue weighted by Crippen LogP contribution is 2.12. The van der Waals surface area contributed by atoms with Crippen molar-refractivity contribution in [2.75, 3.05) is 20.1 Å². The van der Waals surface area contributed by atoms with Crippen molar-refractivity contribution in [2.24, 2.45) is 0 Å². The summed E-state index contributed by atoms with van der Waals surface area (Å²) < 4.78 is 0. The fourth-order valence-electron chi connectivity index (χ4n) is 2.89. The number of hydrogen-bond acceptors (Lipinski definition) is 1. The van der Waals surface area contributed by atoms with E-state index in [9.17, 15) is 0 Å². The Morgan fingerprint density at radius 1 is 0.450 bits per heavy atom. The van der Waals surface area contributed by atoms with Crippen molar-refractivity contribution < 1.29 is 0 Å². The van der Waals surface area contributed by atoms with Crippen LogP contribution in [0.4, 0.5) is 0 Å². The van der Waals surface area contributed by atoms with Crippen LogP contribution in [-0.2, 0) is 0 Å². The van der Waals surface area contributed by atoms with Crippen molar-refractivity contribution >= 4 is 0 Å². The Kier molecular flexibility index (Phi) is 17.0. The van der Waals surface area contributed by atoms with E-state index >= 15 is 0 Å². The molecular formula is C19H41N. The van der Waals surface area contributed by atoms with Gasteiger partial charge in [0.05, 0.1) is 0 Å². The highest BCUT2D eigenvalue weighted by Gasteiger charge is 1.96. The third kappa shape index (κ3) is 16.0. The maximum atomic E-state index is 2.47. The highest BCUT2D eigenvalue weighted by molar-refractivity contribution is 4.52. The van der Waals surface area contributed by atoms with E-state index in [1.807, 2.05) is 0 Å². The van der Waals surface area contributed by atoms with Gasteiger partial charge in [-0.25, -0.2) is 0 Å². The highest BCUT2D eigenvalue weighted by atomic mass is 15.1. The largest absolute Gasteiger partial charge is 0.306 e. The Labute approximate surface area is 129 Å². The minimum absolute atomic E-state index is 1.26. The van der Waals surface area contributed by atoms with E-state index in [1.165, 1.54) is 103 Å². The van der Waals surface area contributed by atoms with Crippen LogP contribution in [0.2, 0.25) is 0 Å². The fourth-order valence-corrected chi connectivity index (χ4v) is 2.89. The fraction of sp³-hybridized carbons (Fsp3) is 1.00. The van der Waals surface area contributed by atoms with Crippen LogP contribution in [0.1, 0.15) is 104 Å². The van der Waals surface area contributed by atoms with Crippen molar-refractivity contribution in [1.29, 1.82) is 0 Å². The van der Waals surface area contributed by atoms with Gasteiger partial charge in [-0.05, 0) is 33.0 Å². The van der Waals surface area contributed by atoms with Gasteiger partial charge in [0.2, 0.25) is 0 Å². The summed E-state index contributed by atoms with van der Waals surface area (Å²) in [5, 5.41) is 0. The molecule has 0 unspecified atom stereocenters. The topological polar surface area (TPSA) is 3.24 Å². The molecule has 0 N–H and O–H groups in total. The Morgan fingerprint density at radius 3 is 1.25 bits per heavy atom. The van der Waals surface area contributed by atoms with Crippen LogP contribution in [0.3, 0.4) is 0 Å². The molecule has 1 heteroatoms. The first-order chi connectivity index (χ1) is 9.81. The van der Waals surface area contributed by atoms with Gasteiger partial charge in [-0.2, -0.15) is 0 Å². The Balaban J connectivity index is 2.99. The van der Waals surface area contributed by atoms with Crippen LogP contribution in [-0.4, -0.2) is 25.0 Å². The SMILES string of the molecule is CCCCCCCCCCCCCCCN(C)CCC. The lowest BCUT2D eigenvalue weighted by Crippen LogP contribution is -2.20. The van der Waals surface area contributed by atoms with Gasteiger partial charge in [-0.1, -0.05) is 90.9 Å². The average molecular weight is 284 g/mol. The molecule has 0 radical (unpaired) electrons. The molecule has 0 heterocycles. The van der Waals surface area contributed by atoms with Crippen molar-refractivity contribution in [1.82, 2.24) is 4.90 Å². The summed E-state index contributed by atoms with van der Waals surface area (Å²) in [5.41, 5.74) is 0. The van der Waals surface area contributed by atoms with Gasteiger partial charge in [0.15, 0.2) is 0 Å². The Hall–Kier alpha value is -0.0400. The van der Waals surface area contributed by atoms with Gasteiger partial charge in [-0.15, -0.1) is 0 Å². The van der Waals surface area contributed by atoms with Crippen LogP contribution >= 0.6 is 0 Å². The van der Waals surface area contributed by atoms with E-state index in [0.717, 1.165) is 0 Å². The first-order valence-corrected chi connectivity index (χ1v) is 9.49. The second kappa shape index (κ2) is 17.0. The second-order valence-corrected chi connectivity index (χ2v) is 6.55. The average Bonchev–Trinajstić information content (AvgIpc) is 2.44. The summed E-state index contributed by atoms with van der Waals surface area (Å²) in [6, 6.07) is 0. The molecule has 0 aliphatic heterocycles. The normalized spacial score (nSPS) is 11.4. The molecule has 1 nitrogen and oxygen atoms in total. The molecule has 0 atom stereocenters.